The first-order valence-corrected chi connectivity index (χ1v) is 22.2. The largest absolute Gasteiger partial charge is 0.456 e. The van der Waals surface area contributed by atoms with Gasteiger partial charge in [-0.05, 0) is 72.1 Å². The maximum atomic E-state index is 6.36. The van der Waals surface area contributed by atoms with E-state index in [1.54, 1.807) is 0 Å². The van der Waals surface area contributed by atoms with Crippen LogP contribution in [0, 0.1) is 0 Å². The summed E-state index contributed by atoms with van der Waals surface area (Å²) >= 11 is 1.85. The van der Waals surface area contributed by atoms with Gasteiger partial charge in [-0.3, -0.25) is 0 Å². The van der Waals surface area contributed by atoms with Gasteiger partial charge in [0.05, 0.1) is 16.7 Å². The molecule has 1 aliphatic carbocycles. The number of para-hydroxylation sites is 2. The molecule has 0 saturated carbocycles. The maximum absolute atomic E-state index is 6.36. The first-order valence-electron chi connectivity index (χ1n) is 21.4. The first-order chi connectivity index (χ1) is 31.2. The van der Waals surface area contributed by atoms with Gasteiger partial charge >= 0.3 is 0 Å². The van der Waals surface area contributed by atoms with Gasteiger partial charge in [-0.15, -0.1) is 11.3 Å². The molecule has 1 atom stereocenters. The Balaban J connectivity index is 1.10. The van der Waals surface area contributed by atoms with Gasteiger partial charge in [0, 0.05) is 69.9 Å². The SMILES string of the molecule is C1=CCC(c2nc(-c3cc(-c4ccccc4)c(-n4c5ccccc5c5cc6c(cc54)sc4ccccc46)c(-c4ccccc4)c3)nc(-c3ccc4c(c3)oc3ccccc34)n2)C=C1. The summed E-state index contributed by atoms with van der Waals surface area (Å²) in [6.07, 6.45) is 9.36. The van der Waals surface area contributed by atoms with Crippen LogP contribution in [0.1, 0.15) is 18.2 Å². The van der Waals surface area contributed by atoms with Gasteiger partial charge in [0.15, 0.2) is 11.6 Å². The number of hydrogen-bond acceptors (Lipinski definition) is 5. The fourth-order valence-electron chi connectivity index (χ4n) is 9.56. The van der Waals surface area contributed by atoms with Crippen molar-refractivity contribution in [2.75, 3.05) is 0 Å². The van der Waals surface area contributed by atoms with Crippen LogP contribution < -0.4 is 0 Å². The summed E-state index contributed by atoms with van der Waals surface area (Å²) in [5, 5.41) is 7.19. The number of furan rings is 1. The third-order valence-electron chi connectivity index (χ3n) is 12.5. The number of rotatable bonds is 6. The Morgan fingerprint density at radius 1 is 0.460 bits per heavy atom. The number of allylic oxidation sites excluding steroid dienone is 4. The molecule has 296 valence electrons. The minimum atomic E-state index is 0.00947. The highest BCUT2D eigenvalue weighted by Gasteiger charge is 2.25. The molecule has 0 aliphatic heterocycles. The van der Waals surface area contributed by atoms with E-state index in [-0.39, 0.29) is 5.92 Å². The molecular weight excluding hydrogens is 789 g/mol. The fourth-order valence-corrected chi connectivity index (χ4v) is 10.7. The molecule has 0 radical (unpaired) electrons. The Morgan fingerprint density at radius 2 is 1.13 bits per heavy atom. The summed E-state index contributed by atoms with van der Waals surface area (Å²) in [4.78, 5) is 15.9. The van der Waals surface area contributed by atoms with Gasteiger partial charge in [0.1, 0.15) is 17.0 Å². The molecule has 4 aromatic heterocycles. The van der Waals surface area contributed by atoms with Gasteiger partial charge in [-0.2, -0.15) is 0 Å². The lowest BCUT2D eigenvalue weighted by Crippen LogP contribution is -2.08. The van der Waals surface area contributed by atoms with Crippen molar-refractivity contribution in [1.82, 2.24) is 19.5 Å². The van der Waals surface area contributed by atoms with Gasteiger partial charge in [-0.1, -0.05) is 146 Å². The zero-order valence-electron chi connectivity index (χ0n) is 33.9. The van der Waals surface area contributed by atoms with Crippen LogP contribution in [-0.2, 0) is 0 Å². The molecule has 0 saturated heterocycles. The Hall–Kier alpha value is -7.93. The van der Waals surface area contributed by atoms with Crippen molar-refractivity contribution in [2.45, 2.75) is 12.3 Å². The van der Waals surface area contributed by atoms with Gasteiger partial charge in [0.25, 0.3) is 0 Å². The zero-order chi connectivity index (χ0) is 41.4. The highest BCUT2D eigenvalue weighted by Crippen LogP contribution is 2.46. The second kappa shape index (κ2) is 14.3. The summed E-state index contributed by atoms with van der Waals surface area (Å²) in [6.45, 7) is 0. The summed E-state index contributed by atoms with van der Waals surface area (Å²) in [7, 11) is 0. The van der Waals surface area contributed by atoms with Gasteiger partial charge < -0.3 is 8.98 Å². The van der Waals surface area contributed by atoms with E-state index in [4.69, 9.17) is 19.4 Å². The van der Waals surface area contributed by atoms with Crippen LogP contribution in [0.25, 0.3) is 115 Å². The van der Waals surface area contributed by atoms with Crippen LogP contribution in [0.5, 0.6) is 0 Å². The summed E-state index contributed by atoms with van der Waals surface area (Å²) in [6, 6.07) is 62.9. The van der Waals surface area contributed by atoms with E-state index in [1.165, 1.54) is 36.5 Å². The van der Waals surface area contributed by atoms with Crippen LogP contribution >= 0.6 is 11.3 Å². The quantitative estimate of drug-likeness (QED) is 0.168. The van der Waals surface area contributed by atoms with Crippen molar-refractivity contribution in [3.8, 4) is 50.7 Å². The molecule has 13 rings (SSSR count). The molecule has 0 N–H and O–H groups in total. The number of nitrogens with zero attached hydrogens (tertiary/aromatic N) is 4. The van der Waals surface area contributed by atoms with Crippen LogP contribution in [0.4, 0.5) is 0 Å². The molecule has 0 fully saturated rings. The second-order valence-corrected chi connectivity index (χ2v) is 17.4. The van der Waals surface area contributed by atoms with Crippen molar-refractivity contribution in [3.05, 3.63) is 206 Å². The van der Waals surface area contributed by atoms with Crippen LogP contribution in [0.3, 0.4) is 0 Å². The third-order valence-corrected chi connectivity index (χ3v) is 13.7. The van der Waals surface area contributed by atoms with E-state index in [1.807, 2.05) is 29.5 Å². The number of hydrogen-bond donors (Lipinski definition) is 0. The monoisotopic (exact) mass is 824 g/mol. The van der Waals surface area contributed by atoms with E-state index in [0.29, 0.717) is 11.6 Å². The molecule has 12 aromatic rings. The van der Waals surface area contributed by atoms with Crippen LogP contribution in [0.15, 0.2) is 205 Å². The van der Waals surface area contributed by atoms with Crippen molar-refractivity contribution in [3.63, 3.8) is 0 Å². The average molecular weight is 825 g/mol. The Bertz CT molecular complexity index is 3780. The molecular formula is C57H36N4OS. The predicted octanol–water partition coefficient (Wildman–Crippen LogP) is 15.5. The zero-order valence-corrected chi connectivity index (χ0v) is 34.8. The standard InChI is InChI=1S/C57H36N4OS/c1-4-16-35(17-5-1)44-30-39(57-59-55(37-20-8-3-9-21-37)58-56(60-57)38-28-29-42-41-23-11-14-26-50(41)62-51(42)32-38)31-45(36-18-6-2-7-19-36)54(44)61-48-25-13-10-22-40(48)46-33-47-43-24-12-15-27-52(43)63-53(47)34-49(46)61/h1-20,22-34,37H,21H2. The van der Waals surface area contributed by atoms with E-state index in [9.17, 15) is 0 Å². The smallest absolute Gasteiger partial charge is 0.163 e. The molecule has 1 aliphatic rings. The Labute approximate surface area is 366 Å². The van der Waals surface area contributed by atoms with Crippen molar-refractivity contribution < 1.29 is 4.42 Å². The normalized spacial score (nSPS) is 14.0. The molecule has 0 amide bonds. The lowest BCUT2D eigenvalue weighted by atomic mass is 9.92. The van der Waals surface area contributed by atoms with E-state index in [2.05, 4.69) is 187 Å². The second-order valence-electron chi connectivity index (χ2n) is 16.3. The highest BCUT2D eigenvalue weighted by molar-refractivity contribution is 7.25. The minimum Gasteiger partial charge on any atom is -0.456 e. The minimum absolute atomic E-state index is 0.00947. The number of thiophene rings is 1. The lowest BCUT2D eigenvalue weighted by molar-refractivity contribution is 0.669. The predicted molar refractivity (Wildman–Crippen MR) is 262 cm³/mol. The molecule has 1 unspecified atom stereocenters. The molecule has 5 nitrogen and oxygen atoms in total. The number of benzene rings is 8. The fraction of sp³-hybridized carbons (Fsp3) is 0.0351. The van der Waals surface area contributed by atoms with E-state index < -0.39 is 0 Å². The first kappa shape index (κ1) is 35.8. The summed E-state index contributed by atoms with van der Waals surface area (Å²) < 4.78 is 11.4. The average Bonchev–Trinajstić information content (AvgIpc) is 4.02. The lowest BCUT2D eigenvalue weighted by Gasteiger charge is -2.21. The van der Waals surface area contributed by atoms with Crippen molar-refractivity contribution >= 4 is 75.3 Å². The number of fused-ring (bicyclic) bond motifs is 9. The van der Waals surface area contributed by atoms with Crippen LogP contribution in [0.2, 0.25) is 0 Å². The number of aromatic nitrogens is 4. The molecule has 0 bridgehead atoms. The van der Waals surface area contributed by atoms with E-state index in [0.717, 1.165) is 78.8 Å². The van der Waals surface area contributed by atoms with E-state index >= 15 is 0 Å². The molecule has 6 heteroatoms. The molecule has 0 spiro atoms. The molecule has 8 aromatic carbocycles. The van der Waals surface area contributed by atoms with Gasteiger partial charge in [0.2, 0.25) is 0 Å². The van der Waals surface area contributed by atoms with Gasteiger partial charge in [-0.25, -0.2) is 15.0 Å². The van der Waals surface area contributed by atoms with Crippen LogP contribution in [-0.4, -0.2) is 19.5 Å². The maximum Gasteiger partial charge on any atom is 0.163 e. The third kappa shape index (κ3) is 5.87. The summed E-state index contributed by atoms with van der Waals surface area (Å²) in [5.74, 6) is 1.98. The molecule has 4 heterocycles. The topological polar surface area (TPSA) is 56.7 Å². The summed E-state index contributed by atoms with van der Waals surface area (Å²) in [5.41, 5.74) is 11.2. The molecule has 63 heavy (non-hydrogen) atoms. The van der Waals surface area contributed by atoms with Crippen molar-refractivity contribution in [1.29, 1.82) is 0 Å². The highest BCUT2D eigenvalue weighted by atomic mass is 32.1. The van der Waals surface area contributed by atoms with Crippen molar-refractivity contribution in [2.24, 2.45) is 0 Å². The Kier molecular flexibility index (Phi) is 8.14. The Morgan fingerprint density at radius 3 is 1.89 bits per heavy atom.